The SMILES string of the molecule is NCCc1ccccc1.O=C(CCc1ccccc1)NCc1ccc(Cl)cc1.OCO. The molecule has 0 radical (unpaired) electrons. The van der Waals surface area contributed by atoms with Gasteiger partial charge in [-0.1, -0.05) is 84.4 Å². The fourth-order valence-corrected chi connectivity index (χ4v) is 2.73. The predicted octanol–water partition coefficient (Wildman–Crippen LogP) is 3.71. The molecule has 0 bridgehead atoms. The van der Waals surface area contributed by atoms with Gasteiger partial charge in [0.15, 0.2) is 0 Å². The van der Waals surface area contributed by atoms with E-state index in [1.807, 2.05) is 72.8 Å². The zero-order chi connectivity index (χ0) is 22.7. The summed E-state index contributed by atoms with van der Waals surface area (Å²) < 4.78 is 0. The molecule has 1 amide bonds. The Morgan fingerprint density at radius 3 is 1.74 bits per heavy atom. The van der Waals surface area contributed by atoms with E-state index in [9.17, 15) is 4.79 Å². The normalized spacial score (nSPS) is 9.55. The molecule has 0 aliphatic heterocycles. The Kier molecular flexibility index (Phi) is 14.5. The van der Waals surface area contributed by atoms with E-state index in [1.165, 1.54) is 11.1 Å². The Morgan fingerprint density at radius 1 is 0.774 bits per heavy atom. The van der Waals surface area contributed by atoms with Gasteiger partial charge in [0.25, 0.3) is 0 Å². The molecule has 6 heteroatoms. The molecular formula is C25H31ClN2O3. The standard InChI is InChI=1S/C16H16ClNO.C8H11N.CH4O2/c17-15-9-6-14(7-10-15)12-18-16(19)11-8-13-4-2-1-3-5-13;9-7-6-8-4-2-1-3-5-8;2-1-3/h1-7,9-10H,8,11-12H2,(H,18,19);1-5H,6-7,9H2;2-3H,1H2. The molecule has 166 valence electrons. The minimum absolute atomic E-state index is 0.0683. The summed E-state index contributed by atoms with van der Waals surface area (Å²) in [6.45, 7) is 0.537. The molecule has 0 aliphatic carbocycles. The average molecular weight is 443 g/mol. The molecule has 0 heterocycles. The first-order chi connectivity index (χ1) is 15.1. The number of carbonyl (C=O) groups excluding carboxylic acids is 1. The van der Waals surface area contributed by atoms with Crippen LogP contribution in [0.3, 0.4) is 0 Å². The lowest BCUT2D eigenvalue weighted by Gasteiger charge is -2.05. The van der Waals surface area contributed by atoms with Crippen LogP contribution in [-0.2, 0) is 24.2 Å². The fourth-order valence-electron chi connectivity index (χ4n) is 2.61. The Hall–Kier alpha value is -2.70. The summed E-state index contributed by atoms with van der Waals surface area (Å²) in [5, 5.41) is 17.9. The molecule has 0 spiro atoms. The zero-order valence-corrected chi connectivity index (χ0v) is 18.3. The number of benzene rings is 3. The van der Waals surface area contributed by atoms with Crippen LogP contribution in [-0.4, -0.2) is 29.5 Å². The molecule has 0 saturated carbocycles. The van der Waals surface area contributed by atoms with Crippen molar-refractivity contribution in [2.24, 2.45) is 5.73 Å². The molecule has 5 N–H and O–H groups in total. The Morgan fingerprint density at radius 2 is 1.26 bits per heavy atom. The third-order valence-corrected chi connectivity index (χ3v) is 4.41. The van der Waals surface area contributed by atoms with Crippen LogP contribution in [0, 0.1) is 0 Å². The van der Waals surface area contributed by atoms with Gasteiger partial charge in [-0.3, -0.25) is 4.79 Å². The van der Waals surface area contributed by atoms with Crippen molar-refractivity contribution in [1.29, 1.82) is 0 Å². The topological polar surface area (TPSA) is 95.6 Å². The molecule has 0 fully saturated rings. The van der Waals surface area contributed by atoms with Crippen molar-refractivity contribution >= 4 is 17.5 Å². The molecule has 0 saturated heterocycles. The number of carbonyl (C=O) groups is 1. The summed E-state index contributed by atoms with van der Waals surface area (Å²) in [4.78, 5) is 11.7. The van der Waals surface area contributed by atoms with Gasteiger partial charge in [0, 0.05) is 18.0 Å². The third-order valence-electron chi connectivity index (χ3n) is 4.16. The van der Waals surface area contributed by atoms with Crippen LogP contribution in [0.1, 0.15) is 23.1 Å². The second-order valence-electron chi connectivity index (χ2n) is 6.55. The van der Waals surface area contributed by atoms with Crippen LogP contribution in [0.15, 0.2) is 84.9 Å². The number of hydrogen-bond acceptors (Lipinski definition) is 4. The van der Waals surface area contributed by atoms with Gasteiger partial charge in [-0.05, 0) is 48.2 Å². The maximum Gasteiger partial charge on any atom is 0.220 e. The quantitative estimate of drug-likeness (QED) is 0.419. The first-order valence-corrected chi connectivity index (χ1v) is 10.5. The Bertz CT molecular complexity index is 828. The smallest absolute Gasteiger partial charge is 0.220 e. The fraction of sp³-hybridized carbons (Fsp3) is 0.240. The van der Waals surface area contributed by atoms with Crippen LogP contribution in [0.4, 0.5) is 0 Å². The van der Waals surface area contributed by atoms with E-state index < -0.39 is 6.79 Å². The number of amides is 1. The van der Waals surface area contributed by atoms with E-state index in [0.29, 0.717) is 18.0 Å². The molecule has 0 aliphatic rings. The molecule has 5 nitrogen and oxygen atoms in total. The minimum atomic E-state index is -0.750. The predicted molar refractivity (Wildman–Crippen MR) is 127 cm³/mol. The first-order valence-electron chi connectivity index (χ1n) is 10.1. The lowest BCUT2D eigenvalue weighted by molar-refractivity contribution is -0.121. The number of hydrogen-bond donors (Lipinski definition) is 4. The van der Waals surface area contributed by atoms with Crippen LogP contribution >= 0.6 is 11.6 Å². The van der Waals surface area contributed by atoms with Gasteiger partial charge in [0.05, 0.1) is 0 Å². The monoisotopic (exact) mass is 442 g/mol. The number of aliphatic hydroxyl groups excluding tert-OH is 1. The molecule has 3 aromatic carbocycles. The highest BCUT2D eigenvalue weighted by Crippen LogP contribution is 2.09. The summed E-state index contributed by atoms with van der Waals surface area (Å²) in [5.41, 5.74) is 8.92. The summed E-state index contributed by atoms with van der Waals surface area (Å²) in [6, 6.07) is 27.8. The molecular weight excluding hydrogens is 412 g/mol. The number of nitrogens with one attached hydrogen (secondary N) is 1. The van der Waals surface area contributed by atoms with E-state index in [0.717, 1.165) is 24.9 Å². The second kappa shape index (κ2) is 17.0. The van der Waals surface area contributed by atoms with Crippen molar-refractivity contribution in [2.75, 3.05) is 13.3 Å². The number of rotatable bonds is 7. The van der Waals surface area contributed by atoms with Crippen molar-refractivity contribution < 1.29 is 15.0 Å². The molecule has 3 aromatic rings. The number of halogens is 1. The van der Waals surface area contributed by atoms with Crippen LogP contribution in [0.5, 0.6) is 0 Å². The molecule has 0 aromatic heterocycles. The number of aryl methyl sites for hydroxylation is 1. The second-order valence-corrected chi connectivity index (χ2v) is 6.99. The van der Waals surface area contributed by atoms with Crippen LogP contribution < -0.4 is 11.1 Å². The van der Waals surface area contributed by atoms with E-state index in [2.05, 4.69) is 17.4 Å². The van der Waals surface area contributed by atoms with Gasteiger partial charge in [-0.2, -0.15) is 0 Å². The highest BCUT2D eigenvalue weighted by atomic mass is 35.5. The van der Waals surface area contributed by atoms with Gasteiger partial charge in [0.1, 0.15) is 6.79 Å². The Labute approximate surface area is 189 Å². The van der Waals surface area contributed by atoms with Gasteiger partial charge in [-0.25, -0.2) is 0 Å². The first kappa shape index (κ1) is 26.3. The molecule has 0 atom stereocenters. The van der Waals surface area contributed by atoms with Crippen molar-refractivity contribution in [3.8, 4) is 0 Å². The molecule has 3 rings (SSSR count). The number of aliphatic hydroxyl groups is 2. The summed E-state index contributed by atoms with van der Waals surface area (Å²) >= 11 is 5.80. The third kappa shape index (κ3) is 13.3. The maximum atomic E-state index is 11.7. The summed E-state index contributed by atoms with van der Waals surface area (Å²) in [7, 11) is 0. The Balaban J connectivity index is 0.000000333. The molecule has 0 unspecified atom stereocenters. The highest BCUT2D eigenvalue weighted by molar-refractivity contribution is 6.30. The lowest BCUT2D eigenvalue weighted by atomic mass is 10.1. The highest BCUT2D eigenvalue weighted by Gasteiger charge is 2.02. The van der Waals surface area contributed by atoms with Gasteiger partial charge in [0.2, 0.25) is 5.91 Å². The lowest BCUT2D eigenvalue weighted by Crippen LogP contribution is -2.22. The number of nitrogens with two attached hydrogens (primary N) is 1. The van der Waals surface area contributed by atoms with Gasteiger partial charge < -0.3 is 21.3 Å². The average Bonchev–Trinajstić information content (AvgIpc) is 2.80. The minimum Gasteiger partial charge on any atom is -0.371 e. The van der Waals surface area contributed by atoms with E-state index in [1.54, 1.807) is 0 Å². The maximum absolute atomic E-state index is 11.7. The van der Waals surface area contributed by atoms with E-state index in [4.69, 9.17) is 27.5 Å². The molecule has 31 heavy (non-hydrogen) atoms. The van der Waals surface area contributed by atoms with Crippen LogP contribution in [0.2, 0.25) is 5.02 Å². The van der Waals surface area contributed by atoms with Crippen molar-refractivity contribution in [3.63, 3.8) is 0 Å². The van der Waals surface area contributed by atoms with Crippen molar-refractivity contribution in [3.05, 3.63) is 107 Å². The summed E-state index contributed by atoms with van der Waals surface area (Å²) in [5.74, 6) is 0.0683. The van der Waals surface area contributed by atoms with E-state index >= 15 is 0 Å². The van der Waals surface area contributed by atoms with Crippen molar-refractivity contribution in [2.45, 2.75) is 25.8 Å². The van der Waals surface area contributed by atoms with Crippen molar-refractivity contribution in [1.82, 2.24) is 5.32 Å². The van der Waals surface area contributed by atoms with Gasteiger partial charge in [-0.15, -0.1) is 0 Å². The summed E-state index contributed by atoms with van der Waals surface area (Å²) in [6.07, 6.45) is 2.27. The zero-order valence-electron chi connectivity index (χ0n) is 17.6. The van der Waals surface area contributed by atoms with Gasteiger partial charge >= 0.3 is 0 Å². The largest absolute Gasteiger partial charge is 0.371 e. The van der Waals surface area contributed by atoms with Crippen LogP contribution in [0.25, 0.3) is 0 Å². The van der Waals surface area contributed by atoms with E-state index in [-0.39, 0.29) is 5.91 Å².